The summed E-state index contributed by atoms with van der Waals surface area (Å²) in [5, 5.41) is 23.3. The summed E-state index contributed by atoms with van der Waals surface area (Å²) in [4.78, 5) is 12.0. The number of thioether (sulfide) groups is 1. The van der Waals surface area contributed by atoms with Crippen molar-refractivity contribution in [2.45, 2.75) is 24.8 Å². The van der Waals surface area contributed by atoms with Gasteiger partial charge in [0, 0.05) is 24.2 Å². The molecular formula is C15H17N3O3S2. The Labute approximate surface area is 144 Å². The van der Waals surface area contributed by atoms with E-state index in [-0.39, 0.29) is 10.4 Å². The molecule has 1 aliphatic heterocycles. The molecular weight excluding hydrogens is 334 g/mol. The van der Waals surface area contributed by atoms with Crippen LogP contribution in [0.1, 0.15) is 19.4 Å². The molecule has 0 aromatic heterocycles. The van der Waals surface area contributed by atoms with Gasteiger partial charge in [-0.2, -0.15) is 4.74 Å². The van der Waals surface area contributed by atoms with Gasteiger partial charge in [0.25, 0.3) is 11.9 Å². The summed E-state index contributed by atoms with van der Waals surface area (Å²) in [5.41, 5.74) is 0.591. The number of hydrogen-bond donors (Lipinski definition) is 0. The molecule has 0 N–H and O–H groups in total. The van der Waals surface area contributed by atoms with Crippen molar-refractivity contribution < 1.29 is 9.66 Å². The number of nitro groups is 1. The lowest BCUT2D eigenvalue weighted by molar-refractivity contribution is -0.523. The van der Waals surface area contributed by atoms with E-state index in [1.54, 1.807) is 18.2 Å². The highest BCUT2D eigenvalue weighted by molar-refractivity contribution is 8.24. The van der Waals surface area contributed by atoms with Crippen molar-refractivity contribution in [3.63, 3.8) is 0 Å². The molecule has 2 rings (SSSR count). The Bertz CT molecular complexity index is 671. The van der Waals surface area contributed by atoms with Gasteiger partial charge in [-0.25, -0.2) is 0 Å². The van der Waals surface area contributed by atoms with Gasteiger partial charge in [0.05, 0.1) is 4.92 Å². The molecule has 1 saturated heterocycles. The summed E-state index contributed by atoms with van der Waals surface area (Å²) in [7, 11) is 0. The quantitative estimate of drug-likeness (QED) is 0.154. The molecule has 6 nitrogen and oxygen atoms in total. The van der Waals surface area contributed by atoms with Crippen LogP contribution in [-0.4, -0.2) is 42.6 Å². The molecule has 1 fully saturated rings. The fourth-order valence-corrected chi connectivity index (χ4v) is 4.37. The van der Waals surface area contributed by atoms with Gasteiger partial charge >= 0.3 is 0 Å². The number of non-ortho nitro benzene ring substituents is 1. The topological polar surface area (TPSA) is 72.5 Å². The molecule has 1 atom stereocenters. The van der Waals surface area contributed by atoms with Crippen molar-refractivity contribution in [2.75, 3.05) is 6.54 Å². The van der Waals surface area contributed by atoms with Crippen molar-refractivity contribution in [1.82, 2.24) is 4.90 Å². The zero-order valence-electron chi connectivity index (χ0n) is 12.8. The highest BCUT2D eigenvalue weighted by Gasteiger charge is 2.49. The lowest BCUT2D eigenvalue weighted by Gasteiger charge is -2.29. The van der Waals surface area contributed by atoms with Gasteiger partial charge in [-0.3, -0.25) is 15.0 Å². The van der Waals surface area contributed by atoms with E-state index in [1.807, 2.05) is 18.7 Å². The van der Waals surface area contributed by atoms with Crippen LogP contribution in [0.5, 0.6) is 0 Å². The SMILES string of the molecule is C=CCN1C(=S)SC(C)(C)C1[N+]([O-])=Cc1ccc([N+](=O)[O-])cc1. The summed E-state index contributed by atoms with van der Waals surface area (Å²) >= 11 is 6.83. The van der Waals surface area contributed by atoms with E-state index >= 15 is 0 Å². The minimum Gasteiger partial charge on any atom is -0.622 e. The number of nitro benzene ring substituents is 1. The zero-order valence-corrected chi connectivity index (χ0v) is 14.5. The minimum atomic E-state index is -0.473. The lowest BCUT2D eigenvalue weighted by atomic mass is 10.1. The Hall–Kier alpha value is -1.93. The van der Waals surface area contributed by atoms with Crippen molar-refractivity contribution in [3.8, 4) is 0 Å². The maximum absolute atomic E-state index is 12.7. The molecule has 0 amide bonds. The maximum atomic E-state index is 12.7. The highest BCUT2D eigenvalue weighted by atomic mass is 32.2. The Morgan fingerprint density at radius 3 is 2.52 bits per heavy atom. The van der Waals surface area contributed by atoms with Gasteiger partial charge in [-0.1, -0.05) is 30.1 Å². The molecule has 1 aromatic carbocycles. The molecule has 1 aliphatic rings. The van der Waals surface area contributed by atoms with Gasteiger partial charge in [-0.15, -0.1) is 6.58 Å². The number of hydrogen-bond acceptors (Lipinski definition) is 5. The molecule has 23 heavy (non-hydrogen) atoms. The predicted octanol–water partition coefficient (Wildman–Crippen LogP) is 3.15. The van der Waals surface area contributed by atoms with E-state index in [0.717, 1.165) is 4.74 Å². The average Bonchev–Trinajstić information content (AvgIpc) is 2.69. The van der Waals surface area contributed by atoms with Gasteiger partial charge < -0.3 is 5.21 Å². The molecule has 122 valence electrons. The molecule has 0 aliphatic carbocycles. The first-order chi connectivity index (χ1) is 10.8. The molecule has 1 heterocycles. The third kappa shape index (κ3) is 3.70. The van der Waals surface area contributed by atoms with Crippen LogP contribution in [0.4, 0.5) is 5.69 Å². The molecule has 8 heteroatoms. The fourth-order valence-electron chi connectivity index (χ4n) is 2.47. The Kier molecular flexibility index (Phi) is 5.06. The van der Waals surface area contributed by atoms with Crippen molar-refractivity contribution >= 4 is 40.2 Å². The second-order valence-electron chi connectivity index (χ2n) is 5.62. The number of benzene rings is 1. The molecule has 0 saturated carbocycles. The van der Waals surface area contributed by atoms with Gasteiger partial charge in [0.2, 0.25) is 0 Å². The summed E-state index contributed by atoms with van der Waals surface area (Å²) in [5.74, 6) is 0. The minimum absolute atomic E-state index is 0.00851. The van der Waals surface area contributed by atoms with Crippen LogP contribution in [0, 0.1) is 15.3 Å². The van der Waals surface area contributed by atoms with E-state index in [9.17, 15) is 15.3 Å². The summed E-state index contributed by atoms with van der Waals surface area (Å²) < 4.78 is 1.15. The van der Waals surface area contributed by atoms with Crippen LogP contribution in [0.15, 0.2) is 36.9 Å². The lowest BCUT2D eigenvalue weighted by Crippen LogP contribution is -2.47. The van der Waals surface area contributed by atoms with Crippen LogP contribution in [0.3, 0.4) is 0 Å². The first-order valence-electron chi connectivity index (χ1n) is 6.91. The summed E-state index contributed by atoms with van der Waals surface area (Å²) in [6.07, 6.45) is 2.68. The van der Waals surface area contributed by atoms with Crippen molar-refractivity contribution in [1.29, 1.82) is 0 Å². The average molecular weight is 351 g/mol. The Morgan fingerprint density at radius 2 is 2.00 bits per heavy atom. The van der Waals surface area contributed by atoms with Crippen LogP contribution >= 0.6 is 24.0 Å². The van der Waals surface area contributed by atoms with E-state index < -0.39 is 11.1 Å². The molecule has 0 bridgehead atoms. The highest BCUT2D eigenvalue weighted by Crippen LogP contribution is 2.41. The molecule has 1 unspecified atom stereocenters. The first-order valence-corrected chi connectivity index (χ1v) is 8.14. The van der Waals surface area contributed by atoms with E-state index in [2.05, 4.69) is 6.58 Å². The van der Waals surface area contributed by atoms with Crippen LogP contribution in [0.25, 0.3) is 0 Å². The molecule has 1 aromatic rings. The largest absolute Gasteiger partial charge is 0.622 e. The third-order valence-corrected chi connectivity index (χ3v) is 5.08. The third-order valence-electron chi connectivity index (χ3n) is 3.45. The monoisotopic (exact) mass is 351 g/mol. The number of rotatable bonds is 5. The predicted molar refractivity (Wildman–Crippen MR) is 96.8 cm³/mol. The van der Waals surface area contributed by atoms with Crippen LogP contribution < -0.4 is 0 Å². The fraction of sp³-hybridized carbons (Fsp3) is 0.333. The van der Waals surface area contributed by atoms with Crippen molar-refractivity contribution in [2.24, 2.45) is 0 Å². The Morgan fingerprint density at radius 1 is 1.39 bits per heavy atom. The van der Waals surface area contributed by atoms with E-state index in [0.29, 0.717) is 16.4 Å². The van der Waals surface area contributed by atoms with Gasteiger partial charge in [-0.05, 0) is 26.0 Å². The standard InChI is InChI=1S/C15H17N3O3S2/c1-4-9-16-13(15(2,3)23-14(16)22)17(19)10-11-5-7-12(8-6-11)18(20)21/h4-8,10,13H,1,9H2,2-3H3. The number of hydroxylamine groups is 1. The van der Waals surface area contributed by atoms with E-state index in [4.69, 9.17) is 12.2 Å². The molecule has 0 radical (unpaired) electrons. The maximum Gasteiger partial charge on any atom is 0.269 e. The second-order valence-corrected chi connectivity index (χ2v) is 7.91. The summed E-state index contributed by atoms with van der Waals surface area (Å²) in [6, 6.07) is 5.85. The van der Waals surface area contributed by atoms with E-state index in [1.165, 1.54) is 30.1 Å². The second kappa shape index (κ2) is 6.67. The van der Waals surface area contributed by atoms with Gasteiger partial charge in [0.15, 0.2) is 6.21 Å². The zero-order chi connectivity index (χ0) is 17.2. The first kappa shape index (κ1) is 17.4. The van der Waals surface area contributed by atoms with Crippen LogP contribution in [0.2, 0.25) is 0 Å². The molecule has 0 spiro atoms. The number of thiocarbonyl (C=S) groups is 1. The smallest absolute Gasteiger partial charge is 0.269 e. The van der Waals surface area contributed by atoms with Crippen LogP contribution in [-0.2, 0) is 0 Å². The van der Waals surface area contributed by atoms with Crippen molar-refractivity contribution in [3.05, 3.63) is 57.8 Å². The normalized spacial score (nSPS) is 20.6. The van der Waals surface area contributed by atoms with Gasteiger partial charge in [0.1, 0.15) is 9.07 Å². The Balaban J connectivity index is 2.32. The summed E-state index contributed by atoms with van der Waals surface area (Å²) in [6.45, 7) is 8.13. The number of nitrogens with zero attached hydrogens (tertiary/aromatic N) is 3.